The number of nitrogens with one attached hydrogen (secondary N) is 3. The highest BCUT2D eigenvalue weighted by molar-refractivity contribution is 7.90. The molecule has 0 bridgehead atoms. The van der Waals surface area contributed by atoms with Crippen molar-refractivity contribution in [2.24, 2.45) is 0 Å². The Morgan fingerprint density at radius 2 is 2.00 bits per heavy atom. The molecule has 0 fully saturated rings. The van der Waals surface area contributed by atoms with Crippen molar-refractivity contribution >= 4 is 50.0 Å². The van der Waals surface area contributed by atoms with E-state index < -0.39 is 10.2 Å². The highest BCUT2D eigenvalue weighted by atomic mass is 35.5. The molecular formula is C9H7Cl2N3O2S. The molecule has 0 saturated carbocycles. The number of H-pyrrole nitrogens is 1. The van der Waals surface area contributed by atoms with E-state index in [1.807, 2.05) is 0 Å². The van der Waals surface area contributed by atoms with Crippen LogP contribution in [0.3, 0.4) is 0 Å². The second-order valence-electron chi connectivity index (χ2n) is 3.71. The van der Waals surface area contributed by atoms with Gasteiger partial charge in [-0.1, -0.05) is 23.2 Å². The number of anilines is 1. The molecular weight excluding hydrogens is 285 g/mol. The van der Waals surface area contributed by atoms with E-state index >= 15 is 0 Å². The van der Waals surface area contributed by atoms with E-state index in [0.29, 0.717) is 26.6 Å². The van der Waals surface area contributed by atoms with Gasteiger partial charge in [-0.2, -0.15) is 13.1 Å². The summed E-state index contributed by atoms with van der Waals surface area (Å²) in [5.41, 5.74) is 1.87. The van der Waals surface area contributed by atoms with Crippen LogP contribution >= 0.6 is 23.2 Å². The number of rotatable bonds is 0. The van der Waals surface area contributed by atoms with Crippen LogP contribution in [0.25, 0.3) is 10.9 Å². The van der Waals surface area contributed by atoms with E-state index in [1.165, 1.54) is 0 Å². The number of hydrogen-bond donors (Lipinski definition) is 3. The van der Waals surface area contributed by atoms with Gasteiger partial charge in [0.2, 0.25) is 0 Å². The molecule has 90 valence electrons. The maximum atomic E-state index is 11.4. The van der Waals surface area contributed by atoms with E-state index in [1.54, 1.807) is 12.3 Å². The molecule has 1 aliphatic rings. The molecule has 3 N–H and O–H groups in total. The second kappa shape index (κ2) is 3.52. The average Bonchev–Trinajstić information content (AvgIpc) is 2.62. The van der Waals surface area contributed by atoms with Crippen LogP contribution < -0.4 is 9.44 Å². The summed E-state index contributed by atoms with van der Waals surface area (Å²) in [6.45, 7) is 0.205. The Morgan fingerprint density at radius 1 is 1.24 bits per heavy atom. The van der Waals surface area contributed by atoms with Crippen molar-refractivity contribution in [1.29, 1.82) is 0 Å². The first-order valence-electron chi connectivity index (χ1n) is 4.73. The fourth-order valence-electron chi connectivity index (χ4n) is 1.89. The van der Waals surface area contributed by atoms with Gasteiger partial charge in [0.15, 0.2) is 0 Å². The first-order valence-corrected chi connectivity index (χ1v) is 6.97. The smallest absolute Gasteiger partial charge is 0.299 e. The summed E-state index contributed by atoms with van der Waals surface area (Å²) in [6.07, 6.45) is 1.58. The normalized spacial score (nSPS) is 17.8. The lowest BCUT2D eigenvalue weighted by atomic mass is 10.1. The summed E-state index contributed by atoms with van der Waals surface area (Å²) >= 11 is 12.1. The number of halogens is 2. The zero-order valence-electron chi connectivity index (χ0n) is 8.34. The first kappa shape index (κ1) is 11.2. The molecule has 2 aromatic rings. The van der Waals surface area contributed by atoms with E-state index in [-0.39, 0.29) is 6.54 Å². The molecule has 2 heterocycles. The summed E-state index contributed by atoms with van der Waals surface area (Å²) < 4.78 is 27.7. The van der Waals surface area contributed by atoms with E-state index in [2.05, 4.69) is 14.4 Å². The topological polar surface area (TPSA) is 74.0 Å². The van der Waals surface area contributed by atoms with Crippen molar-refractivity contribution in [2.45, 2.75) is 6.54 Å². The number of hydrogen-bond acceptors (Lipinski definition) is 2. The van der Waals surface area contributed by atoms with Crippen LogP contribution in [-0.2, 0) is 16.8 Å². The quantitative estimate of drug-likeness (QED) is 0.696. The van der Waals surface area contributed by atoms with Crippen LogP contribution in [-0.4, -0.2) is 13.4 Å². The molecule has 0 atom stereocenters. The minimum atomic E-state index is -3.50. The molecule has 0 unspecified atom stereocenters. The van der Waals surface area contributed by atoms with Crippen LogP contribution in [0.4, 0.5) is 5.69 Å². The Bertz CT molecular complexity index is 723. The molecule has 17 heavy (non-hydrogen) atoms. The van der Waals surface area contributed by atoms with Crippen molar-refractivity contribution in [2.75, 3.05) is 4.72 Å². The Kier molecular flexibility index (Phi) is 2.31. The van der Waals surface area contributed by atoms with Crippen molar-refractivity contribution in [3.63, 3.8) is 0 Å². The first-order chi connectivity index (χ1) is 7.98. The molecule has 0 aliphatic carbocycles. The van der Waals surface area contributed by atoms with Gasteiger partial charge in [0.25, 0.3) is 10.2 Å². The standard InChI is InChI=1S/C9H7Cl2N3O2S/c10-5-1-4-2-13-17(15,16)14-8(4)9-7(5)6(11)3-12-9/h1,3,12-14H,2H2. The maximum Gasteiger partial charge on any atom is 0.299 e. The number of aromatic amines is 1. The van der Waals surface area contributed by atoms with Crippen LogP contribution in [0.2, 0.25) is 10.0 Å². The predicted molar refractivity (Wildman–Crippen MR) is 67.7 cm³/mol. The average molecular weight is 292 g/mol. The van der Waals surface area contributed by atoms with E-state index in [9.17, 15) is 8.42 Å². The molecule has 0 radical (unpaired) electrons. The van der Waals surface area contributed by atoms with E-state index in [4.69, 9.17) is 23.2 Å². The molecule has 0 amide bonds. The Hall–Kier alpha value is -0.950. The lowest BCUT2D eigenvalue weighted by Gasteiger charge is -2.20. The van der Waals surface area contributed by atoms with Gasteiger partial charge in [0, 0.05) is 18.1 Å². The Labute approximate surface area is 107 Å². The molecule has 1 aliphatic heterocycles. The highest BCUT2D eigenvalue weighted by Gasteiger charge is 2.24. The second-order valence-corrected chi connectivity index (χ2v) is 6.02. The van der Waals surface area contributed by atoms with Crippen molar-refractivity contribution in [1.82, 2.24) is 9.71 Å². The van der Waals surface area contributed by atoms with Gasteiger partial charge in [-0.15, -0.1) is 0 Å². The van der Waals surface area contributed by atoms with Crippen molar-refractivity contribution in [3.8, 4) is 0 Å². The third kappa shape index (κ3) is 1.68. The third-order valence-corrected chi connectivity index (χ3v) is 4.23. The molecule has 1 aromatic heterocycles. The van der Waals surface area contributed by atoms with Crippen LogP contribution in [0, 0.1) is 0 Å². The molecule has 0 spiro atoms. The van der Waals surface area contributed by atoms with Gasteiger partial charge in [-0.25, -0.2) is 0 Å². The number of fused-ring (bicyclic) bond motifs is 3. The fourth-order valence-corrected chi connectivity index (χ4v) is 3.43. The largest absolute Gasteiger partial charge is 0.358 e. The molecule has 3 rings (SSSR count). The van der Waals surface area contributed by atoms with Gasteiger partial charge in [-0.3, -0.25) is 4.72 Å². The van der Waals surface area contributed by atoms with Gasteiger partial charge in [0.05, 0.1) is 21.2 Å². The molecule has 8 heteroatoms. The summed E-state index contributed by atoms with van der Waals surface area (Å²) in [5.74, 6) is 0. The summed E-state index contributed by atoms with van der Waals surface area (Å²) in [7, 11) is -3.50. The Balaban J connectivity index is 2.38. The summed E-state index contributed by atoms with van der Waals surface area (Å²) in [4.78, 5) is 2.92. The lowest BCUT2D eigenvalue weighted by molar-refractivity contribution is 0.584. The fraction of sp³-hybridized carbons (Fsp3) is 0.111. The van der Waals surface area contributed by atoms with Crippen LogP contribution in [0.1, 0.15) is 5.56 Å². The zero-order valence-corrected chi connectivity index (χ0v) is 10.7. The monoisotopic (exact) mass is 291 g/mol. The number of aromatic nitrogens is 1. The Morgan fingerprint density at radius 3 is 2.76 bits per heavy atom. The summed E-state index contributed by atoms with van der Waals surface area (Å²) in [6, 6.07) is 1.70. The van der Waals surface area contributed by atoms with Crippen molar-refractivity contribution in [3.05, 3.63) is 27.9 Å². The van der Waals surface area contributed by atoms with Crippen molar-refractivity contribution < 1.29 is 8.42 Å². The van der Waals surface area contributed by atoms with Gasteiger partial charge >= 0.3 is 0 Å². The molecule has 0 saturated heterocycles. The SMILES string of the molecule is O=S1(=O)NCc2cc(Cl)c3c(Cl)c[nH]c3c2N1. The lowest BCUT2D eigenvalue weighted by Crippen LogP contribution is -2.34. The zero-order chi connectivity index (χ0) is 12.2. The highest BCUT2D eigenvalue weighted by Crippen LogP contribution is 2.38. The molecule has 5 nitrogen and oxygen atoms in total. The minimum absolute atomic E-state index is 0.205. The van der Waals surface area contributed by atoms with Crippen LogP contribution in [0.15, 0.2) is 12.3 Å². The summed E-state index contributed by atoms with van der Waals surface area (Å²) in [5, 5.41) is 1.58. The minimum Gasteiger partial charge on any atom is -0.358 e. The number of benzene rings is 1. The van der Waals surface area contributed by atoms with Crippen LogP contribution in [0.5, 0.6) is 0 Å². The third-order valence-electron chi connectivity index (χ3n) is 2.63. The van der Waals surface area contributed by atoms with Gasteiger partial charge in [0.1, 0.15) is 0 Å². The van der Waals surface area contributed by atoms with Gasteiger partial charge < -0.3 is 4.98 Å². The van der Waals surface area contributed by atoms with E-state index in [0.717, 1.165) is 5.56 Å². The molecule has 1 aromatic carbocycles. The van der Waals surface area contributed by atoms with Gasteiger partial charge in [-0.05, 0) is 11.6 Å². The maximum absolute atomic E-state index is 11.4. The predicted octanol–water partition coefficient (Wildman–Crippen LogP) is 2.23.